The van der Waals surface area contributed by atoms with Crippen molar-refractivity contribution < 1.29 is 0 Å². The number of hydrogen-bond donors (Lipinski definition) is 1. The van der Waals surface area contributed by atoms with Crippen LogP contribution in [0.5, 0.6) is 0 Å². The molecule has 0 amide bonds. The lowest BCUT2D eigenvalue weighted by molar-refractivity contribution is 0.0905. The lowest BCUT2D eigenvalue weighted by Crippen LogP contribution is -2.56. The minimum Gasteiger partial charge on any atom is -0.311 e. The first kappa shape index (κ1) is 15.3. The second-order valence-corrected chi connectivity index (χ2v) is 6.57. The van der Waals surface area contributed by atoms with Gasteiger partial charge in [0.15, 0.2) is 0 Å². The zero-order valence-corrected chi connectivity index (χ0v) is 13.2. The van der Waals surface area contributed by atoms with Gasteiger partial charge in [-0.25, -0.2) is 0 Å². The average molecular weight is 267 g/mol. The van der Waals surface area contributed by atoms with Crippen LogP contribution in [0.25, 0.3) is 0 Å². The Kier molecular flexibility index (Phi) is 6.11. The molecule has 2 unspecified atom stereocenters. The number of nitrogens with zero attached hydrogens (tertiary/aromatic N) is 2. The van der Waals surface area contributed by atoms with Gasteiger partial charge in [-0.15, -0.1) is 0 Å². The van der Waals surface area contributed by atoms with Gasteiger partial charge in [0.05, 0.1) is 0 Å². The van der Waals surface area contributed by atoms with E-state index in [1.54, 1.807) is 0 Å². The molecule has 0 spiro atoms. The van der Waals surface area contributed by atoms with E-state index in [1.807, 2.05) is 0 Å². The minimum absolute atomic E-state index is 0.720. The number of hydrogen-bond acceptors (Lipinski definition) is 3. The molecule has 2 aliphatic rings. The molecule has 2 aliphatic heterocycles. The summed E-state index contributed by atoms with van der Waals surface area (Å²) in [7, 11) is 0. The summed E-state index contributed by atoms with van der Waals surface area (Å²) in [6.07, 6.45) is 5.44. The van der Waals surface area contributed by atoms with Crippen molar-refractivity contribution in [2.45, 2.75) is 58.5 Å². The number of piperidine rings is 1. The van der Waals surface area contributed by atoms with E-state index in [0.717, 1.165) is 18.0 Å². The molecule has 2 rings (SSSR count). The molecule has 0 aromatic carbocycles. The third-order valence-corrected chi connectivity index (χ3v) is 5.06. The summed E-state index contributed by atoms with van der Waals surface area (Å²) < 4.78 is 0. The molecule has 0 bridgehead atoms. The van der Waals surface area contributed by atoms with Gasteiger partial charge in [-0.2, -0.15) is 0 Å². The van der Waals surface area contributed by atoms with E-state index in [1.165, 1.54) is 65.0 Å². The number of likely N-dealkylation sites (tertiary alicyclic amines) is 1. The molecule has 2 heterocycles. The topological polar surface area (TPSA) is 18.5 Å². The van der Waals surface area contributed by atoms with Crippen molar-refractivity contribution in [2.75, 3.05) is 39.3 Å². The van der Waals surface area contributed by atoms with Crippen LogP contribution in [0.2, 0.25) is 0 Å². The van der Waals surface area contributed by atoms with Crippen LogP contribution in [0.15, 0.2) is 0 Å². The second kappa shape index (κ2) is 7.61. The quantitative estimate of drug-likeness (QED) is 0.824. The highest BCUT2D eigenvalue weighted by Gasteiger charge is 2.27. The van der Waals surface area contributed by atoms with E-state index in [4.69, 9.17) is 0 Å². The van der Waals surface area contributed by atoms with Gasteiger partial charge in [0.2, 0.25) is 0 Å². The molecule has 19 heavy (non-hydrogen) atoms. The second-order valence-electron chi connectivity index (χ2n) is 6.57. The van der Waals surface area contributed by atoms with Crippen molar-refractivity contribution >= 4 is 0 Å². The maximum Gasteiger partial charge on any atom is 0.0195 e. The van der Waals surface area contributed by atoms with Crippen molar-refractivity contribution in [1.82, 2.24) is 15.1 Å². The van der Waals surface area contributed by atoms with E-state index in [0.29, 0.717) is 0 Å². The summed E-state index contributed by atoms with van der Waals surface area (Å²) in [4.78, 5) is 5.35. The normalized spacial score (nSPS) is 31.7. The van der Waals surface area contributed by atoms with E-state index in [2.05, 4.69) is 35.9 Å². The summed E-state index contributed by atoms with van der Waals surface area (Å²) >= 11 is 0. The maximum atomic E-state index is 3.70. The van der Waals surface area contributed by atoms with Gasteiger partial charge >= 0.3 is 0 Å². The van der Waals surface area contributed by atoms with E-state index < -0.39 is 0 Å². The van der Waals surface area contributed by atoms with Gasteiger partial charge in [-0.3, -0.25) is 4.90 Å². The Morgan fingerprint density at radius 1 is 1.16 bits per heavy atom. The van der Waals surface area contributed by atoms with Crippen LogP contribution in [-0.2, 0) is 0 Å². The van der Waals surface area contributed by atoms with Gasteiger partial charge in [0.1, 0.15) is 0 Å². The first-order valence-corrected chi connectivity index (χ1v) is 8.42. The number of nitrogens with one attached hydrogen (secondary N) is 1. The van der Waals surface area contributed by atoms with Gasteiger partial charge in [0, 0.05) is 31.7 Å². The van der Waals surface area contributed by atoms with E-state index >= 15 is 0 Å². The molecule has 0 aliphatic carbocycles. The molecule has 0 aromatic rings. The zero-order valence-electron chi connectivity index (χ0n) is 13.2. The molecule has 112 valence electrons. The molecule has 2 fully saturated rings. The lowest BCUT2D eigenvalue weighted by atomic mass is 9.94. The van der Waals surface area contributed by atoms with Crippen LogP contribution in [0.1, 0.15) is 46.5 Å². The fraction of sp³-hybridized carbons (Fsp3) is 1.00. The van der Waals surface area contributed by atoms with Crippen molar-refractivity contribution in [1.29, 1.82) is 0 Å². The predicted octanol–water partition coefficient (Wildman–Crippen LogP) is 2.18. The first-order chi connectivity index (χ1) is 9.22. The molecule has 0 radical (unpaired) electrons. The molecular weight excluding hydrogens is 234 g/mol. The third-order valence-electron chi connectivity index (χ3n) is 5.06. The van der Waals surface area contributed by atoms with Crippen LogP contribution in [0.4, 0.5) is 0 Å². The van der Waals surface area contributed by atoms with Gasteiger partial charge < -0.3 is 10.2 Å². The Bertz CT molecular complexity index is 248. The van der Waals surface area contributed by atoms with Crippen molar-refractivity contribution in [3.05, 3.63) is 0 Å². The highest BCUT2D eigenvalue weighted by molar-refractivity contribution is 4.85. The first-order valence-electron chi connectivity index (χ1n) is 8.42. The summed E-state index contributed by atoms with van der Waals surface area (Å²) in [6.45, 7) is 14.6. The van der Waals surface area contributed by atoms with Crippen LogP contribution in [0.3, 0.4) is 0 Å². The number of piperazine rings is 1. The van der Waals surface area contributed by atoms with Crippen molar-refractivity contribution in [3.8, 4) is 0 Å². The summed E-state index contributed by atoms with van der Waals surface area (Å²) in [5, 5.41) is 3.70. The molecule has 2 atom stereocenters. The minimum atomic E-state index is 0.720. The average Bonchev–Trinajstić information content (AvgIpc) is 2.44. The monoisotopic (exact) mass is 267 g/mol. The fourth-order valence-electron chi connectivity index (χ4n) is 3.61. The van der Waals surface area contributed by atoms with Crippen LogP contribution in [0, 0.1) is 5.92 Å². The highest BCUT2D eigenvalue weighted by Crippen LogP contribution is 2.21. The molecule has 1 N–H and O–H groups in total. The molecule has 0 saturated carbocycles. The zero-order chi connectivity index (χ0) is 13.7. The molecule has 3 nitrogen and oxygen atoms in total. The molecule has 3 heteroatoms. The standard InChI is InChI=1S/C16H33N3/c1-4-6-16-13-19(14(3)11-17-16)12-15-7-9-18(5-2)10-8-15/h14-17H,4-13H2,1-3H3. The largest absolute Gasteiger partial charge is 0.311 e. The summed E-state index contributed by atoms with van der Waals surface area (Å²) in [5.41, 5.74) is 0. The predicted molar refractivity (Wildman–Crippen MR) is 82.6 cm³/mol. The van der Waals surface area contributed by atoms with Crippen LogP contribution in [-0.4, -0.2) is 61.2 Å². The van der Waals surface area contributed by atoms with Gasteiger partial charge in [-0.1, -0.05) is 20.3 Å². The number of rotatable bonds is 5. The van der Waals surface area contributed by atoms with Gasteiger partial charge in [0.25, 0.3) is 0 Å². The Morgan fingerprint density at radius 2 is 1.89 bits per heavy atom. The van der Waals surface area contributed by atoms with Gasteiger partial charge in [-0.05, 0) is 51.7 Å². The maximum absolute atomic E-state index is 3.70. The van der Waals surface area contributed by atoms with E-state index in [-0.39, 0.29) is 0 Å². The van der Waals surface area contributed by atoms with Crippen LogP contribution >= 0.6 is 0 Å². The van der Waals surface area contributed by atoms with E-state index in [9.17, 15) is 0 Å². The Balaban J connectivity index is 1.77. The summed E-state index contributed by atoms with van der Waals surface area (Å²) in [5.74, 6) is 0.936. The Labute approximate surface area is 119 Å². The summed E-state index contributed by atoms with van der Waals surface area (Å²) in [6, 6.07) is 1.45. The smallest absolute Gasteiger partial charge is 0.0195 e. The highest BCUT2D eigenvalue weighted by atomic mass is 15.2. The van der Waals surface area contributed by atoms with Crippen LogP contribution < -0.4 is 5.32 Å². The lowest BCUT2D eigenvalue weighted by Gasteiger charge is -2.42. The third kappa shape index (κ3) is 4.44. The Hall–Kier alpha value is -0.120. The van der Waals surface area contributed by atoms with Crippen molar-refractivity contribution in [3.63, 3.8) is 0 Å². The molecular formula is C16H33N3. The molecule has 2 saturated heterocycles. The van der Waals surface area contributed by atoms with Crippen molar-refractivity contribution in [2.24, 2.45) is 5.92 Å². The SMILES string of the molecule is CCCC1CN(CC2CCN(CC)CC2)C(C)CN1. The fourth-order valence-corrected chi connectivity index (χ4v) is 3.61. The molecule has 0 aromatic heterocycles. The Morgan fingerprint density at radius 3 is 2.53 bits per heavy atom.